The fourth-order valence-electron chi connectivity index (χ4n) is 1.32. The van der Waals surface area contributed by atoms with Gasteiger partial charge in [-0.25, -0.2) is 0 Å². The van der Waals surface area contributed by atoms with Gasteiger partial charge >= 0.3 is 0 Å². The SMILES string of the molecule is COCC(CCO)Nc1cc(N)nc(N)n1. The number of ether oxygens (including phenoxy) is 1. The fraction of sp³-hybridized carbons (Fsp3) is 0.556. The number of aliphatic hydroxyl groups is 1. The number of anilines is 3. The Balaban J connectivity index is 2.68. The maximum atomic E-state index is 8.87. The normalized spacial score (nSPS) is 12.4. The van der Waals surface area contributed by atoms with Crippen LogP contribution in [-0.2, 0) is 4.74 Å². The summed E-state index contributed by atoms with van der Waals surface area (Å²) in [5.41, 5.74) is 11.0. The highest BCUT2D eigenvalue weighted by atomic mass is 16.5. The monoisotopic (exact) mass is 227 g/mol. The summed E-state index contributed by atoms with van der Waals surface area (Å²) in [7, 11) is 1.59. The summed E-state index contributed by atoms with van der Waals surface area (Å²) < 4.78 is 5.01. The summed E-state index contributed by atoms with van der Waals surface area (Å²) in [6, 6.07) is 1.54. The van der Waals surface area contributed by atoms with Gasteiger partial charge in [-0.05, 0) is 6.42 Å². The quantitative estimate of drug-likeness (QED) is 0.514. The number of nitrogens with one attached hydrogen (secondary N) is 1. The van der Waals surface area contributed by atoms with Gasteiger partial charge in [0.25, 0.3) is 0 Å². The average Bonchev–Trinajstić information content (AvgIpc) is 2.16. The van der Waals surface area contributed by atoms with Gasteiger partial charge in [-0.2, -0.15) is 9.97 Å². The van der Waals surface area contributed by atoms with E-state index in [0.717, 1.165) is 0 Å². The van der Waals surface area contributed by atoms with E-state index in [-0.39, 0.29) is 18.6 Å². The van der Waals surface area contributed by atoms with Gasteiger partial charge in [-0.3, -0.25) is 0 Å². The maximum absolute atomic E-state index is 8.87. The predicted molar refractivity (Wildman–Crippen MR) is 61.8 cm³/mol. The van der Waals surface area contributed by atoms with Crippen molar-refractivity contribution < 1.29 is 9.84 Å². The summed E-state index contributed by atoms with van der Waals surface area (Å²) in [5, 5.41) is 11.9. The zero-order valence-corrected chi connectivity index (χ0v) is 9.18. The second-order valence-electron chi connectivity index (χ2n) is 3.35. The van der Waals surface area contributed by atoms with Crippen molar-refractivity contribution in [2.45, 2.75) is 12.5 Å². The predicted octanol–water partition coefficient (Wildman–Crippen LogP) is -0.550. The van der Waals surface area contributed by atoms with E-state index < -0.39 is 0 Å². The zero-order chi connectivity index (χ0) is 12.0. The van der Waals surface area contributed by atoms with E-state index in [2.05, 4.69) is 15.3 Å². The average molecular weight is 227 g/mol. The molecule has 0 saturated heterocycles. The van der Waals surface area contributed by atoms with Crippen molar-refractivity contribution in [1.82, 2.24) is 9.97 Å². The number of aliphatic hydroxyl groups excluding tert-OH is 1. The van der Waals surface area contributed by atoms with E-state index >= 15 is 0 Å². The molecule has 0 aliphatic carbocycles. The fourth-order valence-corrected chi connectivity index (χ4v) is 1.32. The first-order valence-corrected chi connectivity index (χ1v) is 4.92. The van der Waals surface area contributed by atoms with Crippen LogP contribution >= 0.6 is 0 Å². The maximum Gasteiger partial charge on any atom is 0.223 e. The molecule has 1 heterocycles. The van der Waals surface area contributed by atoms with Crippen LogP contribution in [0, 0.1) is 0 Å². The minimum Gasteiger partial charge on any atom is -0.396 e. The van der Waals surface area contributed by atoms with Crippen LogP contribution in [0.1, 0.15) is 6.42 Å². The van der Waals surface area contributed by atoms with Gasteiger partial charge in [-0.15, -0.1) is 0 Å². The molecule has 0 spiro atoms. The molecule has 6 N–H and O–H groups in total. The number of rotatable bonds is 6. The molecule has 1 atom stereocenters. The third-order valence-electron chi connectivity index (χ3n) is 1.96. The van der Waals surface area contributed by atoms with Crippen molar-refractivity contribution in [2.24, 2.45) is 0 Å². The molecular formula is C9H17N5O2. The molecule has 1 aromatic rings. The Morgan fingerprint density at radius 2 is 2.25 bits per heavy atom. The van der Waals surface area contributed by atoms with Gasteiger partial charge in [0.05, 0.1) is 12.6 Å². The summed E-state index contributed by atoms with van der Waals surface area (Å²) >= 11 is 0. The molecule has 0 aromatic carbocycles. The van der Waals surface area contributed by atoms with Crippen molar-refractivity contribution in [3.05, 3.63) is 6.07 Å². The molecule has 7 heteroatoms. The minimum absolute atomic E-state index is 0.0382. The van der Waals surface area contributed by atoms with E-state index in [1.165, 1.54) is 0 Å². The lowest BCUT2D eigenvalue weighted by molar-refractivity contribution is 0.170. The van der Waals surface area contributed by atoms with Gasteiger partial charge in [0.1, 0.15) is 11.6 Å². The van der Waals surface area contributed by atoms with Crippen LogP contribution in [0.2, 0.25) is 0 Å². The van der Waals surface area contributed by atoms with Crippen molar-refractivity contribution in [2.75, 3.05) is 37.1 Å². The number of nitrogens with two attached hydrogens (primary N) is 2. The van der Waals surface area contributed by atoms with Crippen molar-refractivity contribution in [1.29, 1.82) is 0 Å². The van der Waals surface area contributed by atoms with Crippen LogP contribution in [0.4, 0.5) is 17.6 Å². The molecule has 1 rings (SSSR count). The van der Waals surface area contributed by atoms with Crippen LogP contribution in [0.25, 0.3) is 0 Å². The lowest BCUT2D eigenvalue weighted by Gasteiger charge is -2.17. The Kier molecular flexibility index (Phi) is 4.74. The molecule has 0 aliphatic heterocycles. The first-order chi connectivity index (χ1) is 7.65. The van der Waals surface area contributed by atoms with E-state index in [1.807, 2.05) is 0 Å². The Morgan fingerprint density at radius 3 is 2.81 bits per heavy atom. The summed E-state index contributed by atoms with van der Waals surface area (Å²) in [6.07, 6.45) is 0.553. The molecule has 0 bridgehead atoms. The van der Waals surface area contributed by atoms with E-state index in [9.17, 15) is 0 Å². The van der Waals surface area contributed by atoms with Crippen LogP contribution in [0.15, 0.2) is 6.07 Å². The van der Waals surface area contributed by atoms with E-state index in [0.29, 0.717) is 24.7 Å². The molecule has 0 aliphatic rings. The Hall–Kier alpha value is -1.60. The highest BCUT2D eigenvalue weighted by Crippen LogP contribution is 2.11. The zero-order valence-electron chi connectivity index (χ0n) is 9.18. The molecule has 0 saturated carbocycles. The standard InChI is InChI=1S/C9H17N5O2/c1-16-5-6(2-3-15)12-8-4-7(10)13-9(11)14-8/h4,6,15H,2-3,5H2,1H3,(H5,10,11,12,13,14). The van der Waals surface area contributed by atoms with Crippen LogP contribution in [0.3, 0.4) is 0 Å². The van der Waals surface area contributed by atoms with Gasteiger partial charge in [-0.1, -0.05) is 0 Å². The molecule has 1 unspecified atom stereocenters. The van der Waals surface area contributed by atoms with Crippen molar-refractivity contribution in [3.63, 3.8) is 0 Å². The summed E-state index contributed by atoms with van der Waals surface area (Å²) in [6.45, 7) is 0.529. The lowest BCUT2D eigenvalue weighted by atomic mass is 10.2. The molecule has 0 radical (unpaired) electrons. The molecular weight excluding hydrogens is 210 g/mol. The minimum atomic E-state index is -0.0382. The van der Waals surface area contributed by atoms with Crippen LogP contribution < -0.4 is 16.8 Å². The molecule has 90 valence electrons. The summed E-state index contributed by atoms with van der Waals surface area (Å²) in [4.78, 5) is 7.73. The number of aromatic nitrogens is 2. The number of nitrogens with zero attached hydrogens (tertiary/aromatic N) is 2. The molecule has 0 fully saturated rings. The topological polar surface area (TPSA) is 119 Å². The molecule has 16 heavy (non-hydrogen) atoms. The highest BCUT2D eigenvalue weighted by molar-refractivity contribution is 5.48. The molecule has 1 aromatic heterocycles. The largest absolute Gasteiger partial charge is 0.396 e. The van der Waals surface area contributed by atoms with Crippen LogP contribution in [-0.4, -0.2) is 41.4 Å². The first kappa shape index (κ1) is 12.5. The summed E-state index contributed by atoms with van der Waals surface area (Å²) in [5.74, 6) is 0.943. The number of nitrogen functional groups attached to an aromatic ring is 2. The van der Waals surface area contributed by atoms with E-state index in [1.54, 1.807) is 13.2 Å². The molecule has 7 nitrogen and oxygen atoms in total. The third kappa shape index (κ3) is 3.87. The number of hydrogen-bond acceptors (Lipinski definition) is 7. The first-order valence-electron chi connectivity index (χ1n) is 4.92. The number of methoxy groups -OCH3 is 1. The highest BCUT2D eigenvalue weighted by Gasteiger charge is 2.09. The second kappa shape index (κ2) is 6.09. The van der Waals surface area contributed by atoms with Gasteiger partial charge in [0.15, 0.2) is 0 Å². The number of hydrogen-bond donors (Lipinski definition) is 4. The van der Waals surface area contributed by atoms with E-state index in [4.69, 9.17) is 21.3 Å². The second-order valence-corrected chi connectivity index (χ2v) is 3.35. The van der Waals surface area contributed by atoms with Gasteiger partial charge < -0.3 is 26.6 Å². The Bertz CT molecular complexity index is 307. The van der Waals surface area contributed by atoms with Gasteiger partial charge in [0.2, 0.25) is 5.95 Å². The lowest BCUT2D eigenvalue weighted by Crippen LogP contribution is -2.26. The Labute approximate surface area is 93.8 Å². The Morgan fingerprint density at radius 1 is 1.50 bits per heavy atom. The van der Waals surface area contributed by atoms with Crippen LogP contribution in [0.5, 0.6) is 0 Å². The van der Waals surface area contributed by atoms with Crippen molar-refractivity contribution in [3.8, 4) is 0 Å². The smallest absolute Gasteiger partial charge is 0.223 e. The van der Waals surface area contributed by atoms with Gasteiger partial charge in [0, 0.05) is 19.8 Å². The third-order valence-corrected chi connectivity index (χ3v) is 1.96. The van der Waals surface area contributed by atoms with Crippen molar-refractivity contribution >= 4 is 17.6 Å². The molecule has 0 amide bonds.